The highest BCUT2D eigenvalue weighted by Gasteiger charge is 2.09. The molecule has 0 fully saturated rings. The Bertz CT molecular complexity index is 1020. The number of rotatable bonds is 10. The predicted molar refractivity (Wildman–Crippen MR) is 137 cm³/mol. The van der Waals surface area contributed by atoms with Crippen molar-refractivity contribution in [2.45, 2.75) is 26.7 Å². The first-order valence-electron chi connectivity index (χ1n) is 11.1. The maximum absolute atomic E-state index is 12.5. The van der Waals surface area contributed by atoms with Crippen LogP contribution in [0, 0.1) is 5.92 Å². The number of thiocarbonyl (C=S) groups is 1. The van der Waals surface area contributed by atoms with Gasteiger partial charge < -0.3 is 14.8 Å². The Morgan fingerprint density at radius 1 is 0.848 bits per heavy atom. The largest absolute Gasteiger partial charge is 0.494 e. The standard InChI is InChI=1S/C27H30N2O3S/c1-20(2)16-18-31-25-14-10-23(11-15-25)28-27(33)29-26(30)22-8-12-24(13-9-22)32-19-17-21-6-4-3-5-7-21/h3-15,20H,16-19H2,1-2H3,(H2,28,29,30,33). The third kappa shape index (κ3) is 8.58. The Hall–Kier alpha value is -3.38. The van der Waals surface area contributed by atoms with E-state index in [-0.39, 0.29) is 11.0 Å². The van der Waals surface area contributed by atoms with Gasteiger partial charge >= 0.3 is 0 Å². The van der Waals surface area contributed by atoms with Gasteiger partial charge in [0.05, 0.1) is 13.2 Å². The number of carbonyl (C=O) groups is 1. The molecule has 0 atom stereocenters. The molecule has 3 aromatic rings. The molecule has 0 heterocycles. The highest BCUT2D eigenvalue weighted by Crippen LogP contribution is 2.17. The van der Waals surface area contributed by atoms with Crippen molar-refractivity contribution in [1.29, 1.82) is 0 Å². The van der Waals surface area contributed by atoms with Gasteiger partial charge in [0.2, 0.25) is 0 Å². The summed E-state index contributed by atoms with van der Waals surface area (Å²) in [4.78, 5) is 12.5. The fraction of sp³-hybridized carbons (Fsp3) is 0.259. The van der Waals surface area contributed by atoms with Crippen LogP contribution in [0.5, 0.6) is 11.5 Å². The molecule has 1 amide bonds. The Kier molecular flexibility index (Phi) is 9.27. The van der Waals surface area contributed by atoms with Gasteiger partial charge in [-0.15, -0.1) is 0 Å². The number of amides is 1. The molecule has 172 valence electrons. The summed E-state index contributed by atoms with van der Waals surface area (Å²) >= 11 is 5.27. The highest BCUT2D eigenvalue weighted by molar-refractivity contribution is 7.80. The number of anilines is 1. The zero-order valence-corrected chi connectivity index (χ0v) is 19.9. The predicted octanol–water partition coefficient (Wildman–Crippen LogP) is 5.86. The van der Waals surface area contributed by atoms with E-state index in [1.807, 2.05) is 42.5 Å². The molecular formula is C27H30N2O3S. The van der Waals surface area contributed by atoms with Crippen molar-refractivity contribution in [2.75, 3.05) is 18.5 Å². The van der Waals surface area contributed by atoms with E-state index in [9.17, 15) is 4.79 Å². The van der Waals surface area contributed by atoms with Crippen molar-refractivity contribution in [3.63, 3.8) is 0 Å². The molecule has 0 aliphatic heterocycles. The average Bonchev–Trinajstić information content (AvgIpc) is 2.81. The fourth-order valence-corrected chi connectivity index (χ4v) is 3.23. The van der Waals surface area contributed by atoms with Crippen LogP contribution in [0.2, 0.25) is 0 Å². The number of ether oxygens (including phenoxy) is 2. The van der Waals surface area contributed by atoms with Crippen LogP contribution >= 0.6 is 12.2 Å². The van der Waals surface area contributed by atoms with Crippen LogP contribution in [-0.2, 0) is 6.42 Å². The lowest BCUT2D eigenvalue weighted by molar-refractivity contribution is 0.0977. The van der Waals surface area contributed by atoms with Gasteiger partial charge in [-0.3, -0.25) is 10.1 Å². The number of hydrogen-bond acceptors (Lipinski definition) is 4. The van der Waals surface area contributed by atoms with Crippen molar-refractivity contribution in [3.8, 4) is 11.5 Å². The van der Waals surface area contributed by atoms with E-state index in [0.717, 1.165) is 30.0 Å². The SMILES string of the molecule is CC(C)CCOc1ccc(NC(=S)NC(=O)c2ccc(OCCc3ccccc3)cc2)cc1. The number of carbonyl (C=O) groups excluding carboxylic acids is 1. The minimum absolute atomic E-state index is 0.233. The van der Waals surface area contributed by atoms with Crippen LogP contribution in [-0.4, -0.2) is 24.2 Å². The molecule has 2 N–H and O–H groups in total. The van der Waals surface area contributed by atoms with E-state index < -0.39 is 0 Å². The monoisotopic (exact) mass is 462 g/mol. The van der Waals surface area contributed by atoms with E-state index in [1.165, 1.54) is 5.56 Å². The lowest BCUT2D eigenvalue weighted by Crippen LogP contribution is -2.34. The van der Waals surface area contributed by atoms with Gasteiger partial charge in [0.1, 0.15) is 11.5 Å². The third-order valence-corrected chi connectivity index (χ3v) is 5.13. The Morgan fingerprint density at radius 2 is 1.45 bits per heavy atom. The number of nitrogens with one attached hydrogen (secondary N) is 2. The summed E-state index contributed by atoms with van der Waals surface area (Å²) in [5.41, 5.74) is 2.50. The van der Waals surface area contributed by atoms with Gasteiger partial charge in [-0.05, 0) is 78.7 Å². The minimum atomic E-state index is -0.281. The van der Waals surface area contributed by atoms with Crippen molar-refractivity contribution < 1.29 is 14.3 Å². The Labute approximate surface area is 201 Å². The van der Waals surface area contributed by atoms with Gasteiger partial charge in [-0.1, -0.05) is 44.2 Å². The molecule has 0 saturated carbocycles. The van der Waals surface area contributed by atoms with Crippen molar-refractivity contribution in [3.05, 3.63) is 90.0 Å². The zero-order valence-electron chi connectivity index (χ0n) is 19.0. The van der Waals surface area contributed by atoms with Crippen LogP contribution < -0.4 is 20.1 Å². The van der Waals surface area contributed by atoms with E-state index >= 15 is 0 Å². The lowest BCUT2D eigenvalue weighted by Gasteiger charge is -2.12. The maximum Gasteiger partial charge on any atom is 0.257 e. The first kappa shape index (κ1) is 24.3. The second-order valence-corrected chi connectivity index (χ2v) is 8.48. The van der Waals surface area contributed by atoms with Gasteiger partial charge in [-0.25, -0.2) is 0 Å². The number of hydrogen-bond donors (Lipinski definition) is 2. The summed E-state index contributed by atoms with van der Waals surface area (Å²) in [6.45, 7) is 5.60. The first-order valence-corrected chi connectivity index (χ1v) is 11.5. The summed E-state index contributed by atoms with van der Waals surface area (Å²) in [6.07, 6.45) is 1.84. The third-order valence-electron chi connectivity index (χ3n) is 4.92. The topological polar surface area (TPSA) is 59.6 Å². The second kappa shape index (κ2) is 12.6. The molecule has 0 unspecified atom stereocenters. The van der Waals surface area contributed by atoms with Crippen LogP contribution in [0.4, 0.5) is 5.69 Å². The molecular weight excluding hydrogens is 432 g/mol. The van der Waals surface area contributed by atoms with Gasteiger partial charge in [0.25, 0.3) is 5.91 Å². The quantitative estimate of drug-likeness (QED) is 0.370. The smallest absolute Gasteiger partial charge is 0.257 e. The highest BCUT2D eigenvalue weighted by atomic mass is 32.1. The van der Waals surface area contributed by atoms with Gasteiger partial charge in [-0.2, -0.15) is 0 Å². The molecule has 0 saturated heterocycles. The van der Waals surface area contributed by atoms with Gasteiger partial charge in [0, 0.05) is 17.7 Å². The van der Waals surface area contributed by atoms with Crippen LogP contribution in [0.25, 0.3) is 0 Å². The molecule has 5 nitrogen and oxygen atoms in total. The summed E-state index contributed by atoms with van der Waals surface area (Å²) in [7, 11) is 0. The van der Waals surface area contributed by atoms with E-state index in [4.69, 9.17) is 21.7 Å². The molecule has 0 bridgehead atoms. The van der Waals surface area contributed by atoms with Crippen molar-refractivity contribution >= 4 is 28.9 Å². The van der Waals surface area contributed by atoms with Crippen LogP contribution in [0.15, 0.2) is 78.9 Å². The molecule has 0 spiro atoms. The average molecular weight is 463 g/mol. The molecule has 3 rings (SSSR count). The Balaban J connectivity index is 1.42. The second-order valence-electron chi connectivity index (χ2n) is 8.07. The molecule has 0 radical (unpaired) electrons. The van der Waals surface area contributed by atoms with Crippen molar-refractivity contribution in [1.82, 2.24) is 5.32 Å². The van der Waals surface area contributed by atoms with E-state index in [0.29, 0.717) is 24.7 Å². The van der Waals surface area contributed by atoms with E-state index in [1.54, 1.807) is 24.3 Å². The summed E-state index contributed by atoms with van der Waals surface area (Å²) in [5.74, 6) is 1.85. The van der Waals surface area contributed by atoms with Crippen LogP contribution in [0.1, 0.15) is 36.2 Å². The lowest BCUT2D eigenvalue weighted by atomic mass is 10.1. The molecule has 0 aliphatic rings. The Morgan fingerprint density at radius 3 is 2.09 bits per heavy atom. The maximum atomic E-state index is 12.5. The summed E-state index contributed by atoms with van der Waals surface area (Å²) < 4.78 is 11.5. The molecule has 33 heavy (non-hydrogen) atoms. The van der Waals surface area contributed by atoms with E-state index in [2.05, 4.69) is 36.6 Å². The molecule has 6 heteroatoms. The molecule has 0 aromatic heterocycles. The minimum Gasteiger partial charge on any atom is -0.494 e. The van der Waals surface area contributed by atoms with Crippen molar-refractivity contribution in [2.24, 2.45) is 5.92 Å². The first-order chi connectivity index (χ1) is 16.0. The summed E-state index contributed by atoms with van der Waals surface area (Å²) in [5, 5.41) is 5.95. The normalized spacial score (nSPS) is 10.5. The number of benzene rings is 3. The van der Waals surface area contributed by atoms with Gasteiger partial charge in [0.15, 0.2) is 5.11 Å². The summed E-state index contributed by atoms with van der Waals surface area (Å²) in [6, 6.07) is 24.7. The van der Waals surface area contributed by atoms with Crippen LogP contribution in [0.3, 0.4) is 0 Å². The molecule has 0 aliphatic carbocycles. The zero-order chi connectivity index (χ0) is 23.5. The fourth-order valence-electron chi connectivity index (χ4n) is 3.02. The molecule has 3 aromatic carbocycles.